The van der Waals surface area contributed by atoms with Gasteiger partial charge in [0.05, 0.1) is 26.3 Å². The molecule has 3 aliphatic rings. The van der Waals surface area contributed by atoms with Crippen molar-refractivity contribution >= 4 is 45.6 Å². The highest BCUT2D eigenvalue weighted by Gasteiger charge is 2.42. The number of nitrogens with one attached hydrogen (secondary N) is 2. The smallest absolute Gasteiger partial charge is 0.328 e. The molecule has 2 aromatic heterocycles. The van der Waals surface area contributed by atoms with Gasteiger partial charge in [-0.05, 0) is 63.0 Å². The second-order valence-electron chi connectivity index (χ2n) is 14.5. The second-order valence-corrected chi connectivity index (χ2v) is 14.5. The minimum atomic E-state index is -0.648. The Morgan fingerprint density at radius 2 is 1.02 bits per heavy atom. The summed E-state index contributed by atoms with van der Waals surface area (Å²) in [6, 6.07) is 14.3. The minimum Gasteiger partial charge on any atom is -0.467 e. The molecular weight excluding hydrogens is 660 g/mol. The molecule has 4 atom stereocenters. The Bertz CT molecular complexity index is 1820. The van der Waals surface area contributed by atoms with Crippen LogP contribution < -0.4 is 0 Å². The van der Waals surface area contributed by atoms with Crippen molar-refractivity contribution in [3.63, 3.8) is 0 Å². The number of hydrogen-bond acceptors (Lipinski definition) is 8. The molecule has 12 nitrogen and oxygen atoms in total. The molecule has 0 radical (unpaired) electrons. The van der Waals surface area contributed by atoms with Gasteiger partial charge < -0.3 is 39.0 Å². The summed E-state index contributed by atoms with van der Waals surface area (Å²) < 4.78 is 10.3. The van der Waals surface area contributed by atoms with Crippen molar-refractivity contribution in [2.45, 2.75) is 76.5 Å². The maximum atomic E-state index is 13.7. The molecule has 2 N–H and O–H groups in total. The first-order valence-electron chi connectivity index (χ1n) is 18.6. The van der Waals surface area contributed by atoms with Crippen molar-refractivity contribution in [1.82, 2.24) is 29.6 Å². The number of nitrogens with zero attached hydrogens (tertiary/aromatic N) is 4. The van der Waals surface area contributed by atoms with Gasteiger partial charge in [-0.1, -0.05) is 36.4 Å². The zero-order chi connectivity index (χ0) is 36.5. The van der Waals surface area contributed by atoms with Gasteiger partial charge in [0, 0.05) is 85.1 Å². The number of carbonyl (C=O) groups excluding carboxylic acids is 4. The van der Waals surface area contributed by atoms with E-state index in [2.05, 4.69) is 31.9 Å². The van der Waals surface area contributed by atoms with Gasteiger partial charge in [0.2, 0.25) is 11.8 Å². The molecule has 4 unspecified atom stereocenters. The zero-order valence-electron chi connectivity index (χ0n) is 30.7. The molecular formula is C40H50N6O6. The van der Waals surface area contributed by atoms with Gasteiger partial charge in [0.25, 0.3) is 0 Å². The summed E-state index contributed by atoms with van der Waals surface area (Å²) >= 11 is 0. The molecule has 7 rings (SSSR count). The summed E-state index contributed by atoms with van der Waals surface area (Å²) in [5.41, 5.74) is 6.17. The van der Waals surface area contributed by atoms with Gasteiger partial charge in [-0.2, -0.15) is 0 Å². The zero-order valence-corrected chi connectivity index (χ0v) is 30.7. The van der Waals surface area contributed by atoms with Crippen LogP contribution in [0.2, 0.25) is 0 Å². The number of esters is 2. The average Bonchev–Trinajstić information content (AvgIpc) is 3.73. The minimum absolute atomic E-state index is 0.0336. The van der Waals surface area contributed by atoms with Crippen LogP contribution in [0.5, 0.6) is 0 Å². The third-order valence-electron chi connectivity index (χ3n) is 11.5. The van der Waals surface area contributed by atoms with Crippen molar-refractivity contribution in [1.29, 1.82) is 0 Å². The first-order chi connectivity index (χ1) is 25.2. The summed E-state index contributed by atoms with van der Waals surface area (Å²) in [4.78, 5) is 68.3. The van der Waals surface area contributed by atoms with E-state index in [9.17, 15) is 19.2 Å². The number of aromatic nitrogens is 2. The molecule has 1 saturated heterocycles. The topological polar surface area (TPSA) is 131 Å². The number of amides is 2. The maximum absolute atomic E-state index is 13.7. The fourth-order valence-electron chi connectivity index (χ4n) is 8.84. The van der Waals surface area contributed by atoms with Crippen molar-refractivity contribution in [2.75, 3.05) is 53.5 Å². The molecule has 5 heterocycles. The summed E-state index contributed by atoms with van der Waals surface area (Å²) in [6.07, 6.45) is 3.00. The second kappa shape index (κ2) is 15.1. The van der Waals surface area contributed by atoms with Crippen LogP contribution in [0, 0.1) is 0 Å². The molecule has 2 amide bonds. The molecule has 1 fully saturated rings. The molecule has 0 saturated carbocycles. The fourth-order valence-corrected chi connectivity index (χ4v) is 8.84. The van der Waals surface area contributed by atoms with Gasteiger partial charge in [0.15, 0.2) is 0 Å². The Morgan fingerprint density at radius 3 is 1.40 bits per heavy atom. The lowest BCUT2D eigenvalue weighted by Crippen LogP contribution is -2.51. The van der Waals surface area contributed by atoms with Crippen LogP contribution in [0.3, 0.4) is 0 Å². The molecule has 276 valence electrons. The Balaban J connectivity index is 0.881. The molecule has 2 aromatic carbocycles. The van der Waals surface area contributed by atoms with Crippen LogP contribution in [-0.4, -0.2) is 119 Å². The Hall–Kier alpha value is -4.68. The third-order valence-corrected chi connectivity index (χ3v) is 11.5. The monoisotopic (exact) mass is 710 g/mol. The summed E-state index contributed by atoms with van der Waals surface area (Å²) in [5.74, 6) is -0.834. The summed E-state index contributed by atoms with van der Waals surface area (Å²) in [6.45, 7) is 9.14. The van der Waals surface area contributed by atoms with Crippen LogP contribution in [0.25, 0.3) is 21.8 Å². The van der Waals surface area contributed by atoms with Crippen LogP contribution in [0.15, 0.2) is 48.5 Å². The van der Waals surface area contributed by atoms with Crippen LogP contribution in [-0.2, 0) is 41.5 Å². The van der Waals surface area contributed by atoms with Gasteiger partial charge >= 0.3 is 11.9 Å². The number of benzene rings is 2. The van der Waals surface area contributed by atoms with Crippen LogP contribution >= 0.6 is 0 Å². The van der Waals surface area contributed by atoms with E-state index in [1.165, 1.54) is 14.2 Å². The van der Waals surface area contributed by atoms with Gasteiger partial charge in [-0.3, -0.25) is 9.59 Å². The lowest BCUT2D eigenvalue weighted by molar-refractivity contribution is -0.155. The van der Waals surface area contributed by atoms with E-state index in [-0.39, 0.29) is 35.8 Å². The number of aromatic amines is 2. The SMILES string of the molecule is COC(=O)C1Cc2c([nH]c3ccccc23)C(C)N1C(=O)CCCN1CCN(CCCC(=O)N2C(C(=O)OC)Cc3c([nH]c4ccccc34)C2C)CC1. The Labute approximate surface area is 304 Å². The number of methoxy groups -OCH3 is 2. The highest BCUT2D eigenvalue weighted by molar-refractivity contribution is 5.91. The van der Waals surface area contributed by atoms with Gasteiger partial charge in [-0.15, -0.1) is 0 Å². The molecule has 3 aliphatic heterocycles. The van der Waals surface area contributed by atoms with E-state index in [1.807, 2.05) is 50.2 Å². The highest BCUT2D eigenvalue weighted by atomic mass is 16.5. The largest absolute Gasteiger partial charge is 0.467 e. The number of piperazine rings is 1. The van der Waals surface area contributed by atoms with Crippen molar-refractivity contribution in [3.8, 4) is 0 Å². The number of ether oxygens (including phenoxy) is 2. The third kappa shape index (κ3) is 6.69. The lowest BCUT2D eigenvalue weighted by Gasteiger charge is -2.39. The number of H-pyrrole nitrogens is 2. The van der Waals surface area contributed by atoms with E-state index in [0.29, 0.717) is 38.5 Å². The molecule has 0 bridgehead atoms. The van der Waals surface area contributed by atoms with E-state index < -0.39 is 12.1 Å². The maximum Gasteiger partial charge on any atom is 0.328 e. The lowest BCUT2D eigenvalue weighted by atomic mass is 9.91. The van der Waals surface area contributed by atoms with Gasteiger partial charge in [-0.25, -0.2) is 9.59 Å². The van der Waals surface area contributed by atoms with E-state index in [0.717, 1.165) is 83.6 Å². The van der Waals surface area contributed by atoms with Crippen molar-refractivity contribution in [2.24, 2.45) is 0 Å². The van der Waals surface area contributed by atoms with Gasteiger partial charge in [0.1, 0.15) is 12.1 Å². The first kappa shape index (κ1) is 35.7. The normalized spacial score (nSPS) is 22.3. The van der Waals surface area contributed by atoms with Crippen LogP contribution in [0.1, 0.15) is 74.1 Å². The summed E-state index contributed by atoms with van der Waals surface area (Å²) in [5, 5.41) is 2.17. The fraction of sp³-hybridized carbons (Fsp3) is 0.500. The first-order valence-corrected chi connectivity index (χ1v) is 18.6. The Morgan fingerprint density at radius 1 is 0.635 bits per heavy atom. The van der Waals surface area contributed by atoms with Crippen molar-refractivity contribution in [3.05, 3.63) is 71.0 Å². The number of hydrogen-bond donors (Lipinski definition) is 2. The number of rotatable bonds is 10. The standard InChI is InChI=1S/C40H50N6O6/c1-25-37-29(27-11-5-7-13-31(27)41-37)23-33(39(49)51-3)45(25)35(47)15-9-17-43-19-21-44(22-20-43)18-10-16-36(48)46-26(2)38-30(24-34(46)40(50)52-4)28-12-6-8-14-32(28)42-38/h5-8,11-14,25-26,33-34,41-42H,9-10,15-24H2,1-4H3. The molecule has 0 aliphatic carbocycles. The predicted octanol–water partition coefficient (Wildman–Crippen LogP) is 4.50. The quantitative estimate of drug-likeness (QED) is 0.230. The predicted molar refractivity (Wildman–Crippen MR) is 197 cm³/mol. The number of para-hydroxylation sites is 2. The number of fused-ring (bicyclic) bond motifs is 6. The number of carbonyl (C=O) groups is 4. The van der Waals surface area contributed by atoms with E-state index in [1.54, 1.807) is 9.80 Å². The molecule has 12 heteroatoms. The molecule has 52 heavy (non-hydrogen) atoms. The molecule has 4 aromatic rings. The van der Waals surface area contributed by atoms with E-state index in [4.69, 9.17) is 9.47 Å². The highest BCUT2D eigenvalue weighted by Crippen LogP contribution is 2.39. The molecule has 0 spiro atoms. The Kier molecular flexibility index (Phi) is 10.4. The van der Waals surface area contributed by atoms with Crippen molar-refractivity contribution < 1.29 is 28.7 Å². The summed E-state index contributed by atoms with van der Waals surface area (Å²) in [7, 11) is 2.76. The van der Waals surface area contributed by atoms with E-state index >= 15 is 0 Å². The van der Waals surface area contributed by atoms with Crippen LogP contribution in [0.4, 0.5) is 0 Å². The average molecular weight is 711 g/mol.